The van der Waals surface area contributed by atoms with E-state index < -0.39 is 5.91 Å². The van der Waals surface area contributed by atoms with E-state index in [1.54, 1.807) is 0 Å². The summed E-state index contributed by atoms with van der Waals surface area (Å²) in [4.78, 5) is 23.9. The number of rotatable bonds is 8. The van der Waals surface area contributed by atoms with E-state index in [1.165, 1.54) is 36.0 Å². The van der Waals surface area contributed by atoms with Crippen molar-refractivity contribution in [1.29, 1.82) is 0 Å². The summed E-state index contributed by atoms with van der Waals surface area (Å²) < 4.78 is 14.7. The molecule has 1 heterocycles. The molecule has 9 heteroatoms. The van der Waals surface area contributed by atoms with Crippen LogP contribution in [0.25, 0.3) is 0 Å². The highest BCUT2D eigenvalue weighted by Crippen LogP contribution is 2.17. The lowest BCUT2D eigenvalue weighted by Gasteiger charge is -2.07. The zero-order valence-corrected chi connectivity index (χ0v) is 16.6. The molecule has 0 aliphatic rings. The number of amides is 2. The van der Waals surface area contributed by atoms with Crippen molar-refractivity contribution in [3.8, 4) is 0 Å². The minimum atomic E-state index is -0.390. The average Bonchev–Trinajstić information content (AvgIpc) is 3.07. The quantitative estimate of drug-likeness (QED) is 0.554. The van der Waals surface area contributed by atoms with Gasteiger partial charge in [-0.15, -0.1) is 10.2 Å². The van der Waals surface area contributed by atoms with Gasteiger partial charge in [-0.1, -0.05) is 42.1 Å². The van der Waals surface area contributed by atoms with Gasteiger partial charge in [-0.2, -0.15) is 0 Å². The Morgan fingerprint density at radius 1 is 1.03 bits per heavy atom. The van der Waals surface area contributed by atoms with Crippen LogP contribution >= 0.6 is 11.8 Å². The number of carbonyl (C=O) groups is 2. The monoisotopic (exact) mass is 413 g/mol. The second-order valence-electron chi connectivity index (χ2n) is 6.24. The predicted octanol–water partition coefficient (Wildman–Crippen LogP) is 2.39. The van der Waals surface area contributed by atoms with Gasteiger partial charge in [-0.25, -0.2) is 4.39 Å². The summed E-state index contributed by atoms with van der Waals surface area (Å²) in [5, 5.41) is 14.1. The Balaban J connectivity index is 1.43. The molecule has 2 amide bonds. The van der Waals surface area contributed by atoms with Gasteiger partial charge in [0.25, 0.3) is 0 Å². The predicted molar refractivity (Wildman–Crippen MR) is 109 cm³/mol. The van der Waals surface area contributed by atoms with Crippen molar-refractivity contribution in [2.45, 2.75) is 11.6 Å². The van der Waals surface area contributed by atoms with Gasteiger partial charge in [-0.3, -0.25) is 9.59 Å². The lowest BCUT2D eigenvalue weighted by Crippen LogP contribution is -2.33. The van der Waals surface area contributed by atoms with E-state index in [0.717, 1.165) is 11.4 Å². The van der Waals surface area contributed by atoms with Crippen LogP contribution in [0, 0.1) is 5.82 Å². The largest absolute Gasteiger partial charge is 0.346 e. The second kappa shape index (κ2) is 9.83. The average molecular weight is 413 g/mol. The molecule has 0 saturated carbocycles. The molecular formula is C20H20FN5O2S. The number of nitrogens with one attached hydrogen (secondary N) is 2. The van der Waals surface area contributed by atoms with Crippen molar-refractivity contribution in [1.82, 2.24) is 20.1 Å². The van der Waals surface area contributed by atoms with Crippen LogP contribution in [0.2, 0.25) is 0 Å². The van der Waals surface area contributed by atoms with E-state index in [4.69, 9.17) is 0 Å². The van der Waals surface area contributed by atoms with Gasteiger partial charge in [0, 0.05) is 19.2 Å². The van der Waals surface area contributed by atoms with Gasteiger partial charge >= 0.3 is 0 Å². The molecule has 7 nitrogen and oxygen atoms in total. The normalized spacial score (nSPS) is 10.6. The third-order valence-electron chi connectivity index (χ3n) is 4.04. The fourth-order valence-corrected chi connectivity index (χ4v) is 3.26. The Morgan fingerprint density at radius 3 is 2.48 bits per heavy atom. The topological polar surface area (TPSA) is 88.9 Å². The summed E-state index contributed by atoms with van der Waals surface area (Å²) in [6.07, 6.45) is 0.653. The van der Waals surface area contributed by atoms with Crippen LogP contribution in [0.15, 0.2) is 59.8 Å². The highest BCUT2D eigenvalue weighted by molar-refractivity contribution is 7.99. The molecule has 0 spiro atoms. The maximum absolute atomic E-state index is 12.9. The molecule has 29 heavy (non-hydrogen) atoms. The van der Waals surface area contributed by atoms with Gasteiger partial charge in [-0.05, 0) is 29.8 Å². The molecule has 0 saturated heterocycles. The Kier molecular flexibility index (Phi) is 6.96. The second-order valence-corrected chi connectivity index (χ2v) is 7.18. The standard InChI is InChI=1S/C20H20FN5O2S/c1-26-17(11-14-5-3-2-4-6-14)24-25-20(26)29-13-19(28)22-12-18(27)23-16-9-7-15(21)8-10-16/h2-10H,11-13H2,1H3,(H,22,28)(H,23,27). The van der Waals surface area contributed by atoms with Crippen LogP contribution < -0.4 is 10.6 Å². The highest BCUT2D eigenvalue weighted by atomic mass is 32.2. The summed E-state index contributed by atoms with van der Waals surface area (Å²) in [5.74, 6) is -0.154. The van der Waals surface area contributed by atoms with Crippen LogP contribution in [0.5, 0.6) is 0 Å². The molecule has 0 bridgehead atoms. The fourth-order valence-electron chi connectivity index (χ4n) is 2.50. The molecule has 0 radical (unpaired) electrons. The zero-order valence-electron chi connectivity index (χ0n) is 15.8. The molecule has 150 valence electrons. The smallest absolute Gasteiger partial charge is 0.243 e. The number of anilines is 1. The van der Waals surface area contributed by atoms with E-state index >= 15 is 0 Å². The van der Waals surface area contributed by atoms with Gasteiger partial charge in [0.1, 0.15) is 11.6 Å². The zero-order chi connectivity index (χ0) is 20.6. The first-order chi connectivity index (χ1) is 14.0. The fraction of sp³-hybridized carbons (Fsp3) is 0.200. The van der Waals surface area contributed by atoms with Crippen molar-refractivity contribution in [3.63, 3.8) is 0 Å². The first-order valence-electron chi connectivity index (χ1n) is 8.88. The minimum absolute atomic E-state index is 0.112. The van der Waals surface area contributed by atoms with Crippen LogP contribution in [0.1, 0.15) is 11.4 Å². The van der Waals surface area contributed by atoms with Crippen molar-refractivity contribution in [2.24, 2.45) is 7.05 Å². The number of nitrogens with zero attached hydrogens (tertiary/aromatic N) is 3. The molecule has 0 aliphatic heterocycles. The van der Waals surface area contributed by atoms with Gasteiger partial charge in [0.15, 0.2) is 5.16 Å². The molecule has 3 rings (SSSR count). The maximum atomic E-state index is 12.9. The van der Waals surface area contributed by atoms with Crippen LogP contribution in [0.4, 0.5) is 10.1 Å². The maximum Gasteiger partial charge on any atom is 0.243 e. The summed E-state index contributed by atoms with van der Waals surface area (Å²) in [6, 6.07) is 15.3. The molecule has 1 aromatic heterocycles. The number of aromatic nitrogens is 3. The van der Waals surface area contributed by atoms with E-state index in [2.05, 4.69) is 20.8 Å². The molecule has 0 aliphatic carbocycles. The van der Waals surface area contributed by atoms with Crippen molar-refractivity contribution >= 4 is 29.3 Å². The third-order valence-corrected chi connectivity index (χ3v) is 5.06. The minimum Gasteiger partial charge on any atom is -0.346 e. The molecule has 3 aromatic rings. The van der Waals surface area contributed by atoms with E-state index in [-0.39, 0.29) is 24.0 Å². The third kappa shape index (κ3) is 6.15. The number of halogens is 1. The molecule has 0 unspecified atom stereocenters. The Hall–Kier alpha value is -3.20. The Morgan fingerprint density at radius 2 is 1.76 bits per heavy atom. The molecule has 0 fully saturated rings. The molecule has 0 atom stereocenters. The van der Waals surface area contributed by atoms with Crippen molar-refractivity contribution < 1.29 is 14.0 Å². The number of benzene rings is 2. The van der Waals surface area contributed by atoms with Crippen molar-refractivity contribution in [3.05, 3.63) is 71.8 Å². The first kappa shape index (κ1) is 20.5. The number of thioether (sulfide) groups is 1. The molecule has 2 aromatic carbocycles. The van der Waals surface area contributed by atoms with E-state index in [1.807, 2.05) is 41.9 Å². The van der Waals surface area contributed by atoms with Gasteiger partial charge in [0.05, 0.1) is 12.3 Å². The molecular weight excluding hydrogens is 393 g/mol. The number of hydrogen-bond acceptors (Lipinski definition) is 5. The van der Waals surface area contributed by atoms with Crippen LogP contribution in [-0.2, 0) is 23.1 Å². The van der Waals surface area contributed by atoms with Crippen molar-refractivity contribution in [2.75, 3.05) is 17.6 Å². The Bertz CT molecular complexity index is 976. The van der Waals surface area contributed by atoms with E-state index in [0.29, 0.717) is 17.3 Å². The van der Waals surface area contributed by atoms with Gasteiger partial charge in [0.2, 0.25) is 11.8 Å². The molecule has 2 N–H and O–H groups in total. The SMILES string of the molecule is Cn1c(Cc2ccccc2)nnc1SCC(=O)NCC(=O)Nc1ccc(F)cc1. The lowest BCUT2D eigenvalue weighted by molar-refractivity contribution is -0.122. The van der Waals surface area contributed by atoms with E-state index in [9.17, 15) is 14.0 Å². The Labute approximate surface area is 171 Å². The summed E-state index contributed by atoms with van der Waals surface area (Å²) in [7, 11) is 1.86. The summed E-state index contributed by atoms with van der Waals surface area (Å²) in [6.45, 7) is -0.172. The first-order valence-corrected chi connectivity index (χ1v) is 9.87. The summed E-state index contributed by atoms with van der Waals surface area (Å²) in [5.41, 5.74) is 1.59. The lowest BCUT2D eigenvalue weighted by atomic mass is 10.1. The van der Waals surface area contributed by atoms with Crippen LogP contribution in [-0.4, -0.2) is 38.9 Å². The highest BCUT2D eigenvalue weighted by Gasteiger charge is 2.12. The number of hydrogen-bond donors (Lipinski definition) is 2. The van der Waals surface area contributed by atoms with Crippen LogP contribution in [0.3, 0.4) is 0 Å². The number of carbonyl (C=O) groups excluding carboxylic acids is 2. The van der Waals surface area contributed by atoms with Gasteiger partial charge < -0.3 is 15.2 Å². The summed E-state index contributed by atoms with van der Waals surface area (Å²) >= 11 is 1.25.